The number of benzene rings is 2. The van der Waals surface area contributed by atoms with Gasteiger partial charge in [-0.15, -0.1) is 0 Å². The summed E-state index contributed by atoms with van der Waals surface area (Å²) in [6.07, 6.45) is 0.621. The quantitative estimate of drug-likeness (QED) is 0.537. The van der Waals surface area contributed by atoms with E-state index in [0.29, 0.717) is 25.3 Å². The SMILES string of the molecule is CC(C)(C)c1ccc(OCCCNC(=O)NC(=O)c2ccccc2N)cc1. The van der Waals surface area contributed by atoms with Crippen LogP contribution in [0.15, 0.2) is 48.5 Å². The molecule has 0 spiro atoms. The first-order valence-electron chi connectivity index (χ1n) is 8.94. The van der Waals surface area contributed by atoms with Crippen molar-refractivity contribution in [2.75, 3.05) is 18.9 Å². The Hall–Kier alpha value is -3.02. The van der Waals surface area contributed by atoms with E-state index >= 15 is 0 Å². The van der Waals surface area contributed by atoms with E-state index in [1.165, 1.54) is 5.56 Å². The van der Waals surface area contributed by atoms with Gasteiger partial charge in [-0.2, -0.15) is 0 Å². The van der Waals surface area contributed by atoms with Crippen LogP contribution >= 0.6 is 0 Å². The van der Waals surface area contributed by atoms with Crippen molar-refractivity contribution in [1.29, 1.82) is 0 Å². The van der Waals surface area contributed by atoms with Crippen molar-refractivity contribution in [3.63, 3.8) is 0 Å². The van der Waals surface area contributed by atoms with Gasteiger partial charge in [0.15, 0.2) is 0 Å². The van der Waals surface area contributed by atoms with Crippen LogP contribution in [-0.4, -0.2) is 25.1 Å². The number of nitrogen functional groups attached to an aromatic ring is 1. The number of anilines is 1. The van der Waals surface area contributed by atoms with Gasteiger partial charge in [0.05, 0.1) is 12.2 Å². The fraction of sp³-hybridized carbons (Fsp3) is 0.333. The Labute approximate surface area is 160 Å². The first kappa shape index (κ1) is 20.3. The number of urea groups is 1. The molecular weight excluding hydrogens is 342 g/mol. The minimum Gasteiger partial charge on any atom is -0.494 e. The van der Waals surface area contributed by atoms with Crippen molar-refractivity contribution in [2.45, 2.75) is 32.6 Å². The third kappa shape index (κ3) is 6.33. The van der Waals surface area contributed by atoms with E-state index in [-0.39, 0.29) is 11.0 Å². The molecule has 6 nitrogen and oxygen atoms in total. The van der Waals surface area contributed by atoms with E-state index in [2.05, 4.69) is 43.5 Å². The summed E-state index contributed by atoms with van der Waals surface area (Å²) in [5, 5.41) is 4.88. The Morgan fingerprint density at radius 3 is 2.33 bits per heavy atom. The molecular formula is C21H27N3O3. The molecule has 0 bridgehead atoms. The second kappa shape index (κ2) is 9.07. The van der Waals surface area contributed by atoms with Gasteiger partial charge < -0.3 is 15.8 Å². The number of nitrogens with one attached hydrogen (secondary N) is 2. The summed E-state index contributed by atoms with van der Waals surface area (Å²) in [7, 11) is 0. The molecule has 144 valence electrons. The molecule has 0 aliphatic carbocycles. The number of hydrogen-bond donors (Lipinski definition) is 3. The summed E-state index contributed by atoms with van der Waals surface area (Å²) in [5.74, 6) is 0.267. The highest BCUT2D eigenvalue weighted by molar-refractivity contribution is 6.07. The summed E-state index contributed by atoms with van der Waals surface area (Å²) in [6.45, 7) is 7.35. The number of carbonyl (C=O) groups excluding carboxylic acids is 2. The van der Waals surface area contributed by atoms with Crippen LogP contribution in [0.5, 0.6) is 5.75 Å². The van der Waals surface area contributed by atoms with Crippen molar-refractivity contribution in [2.24, 2.45) is 0 Å². The van der Waals surface area contributed by atoms with Crippen LogP contribution in [0, 0.1) is 0 Å². The Morgan fingerprint density at radius 1 is 1.04 bits per heavy atom. The monoisotopic (exact) mass is 369 g/mol. The largest absolute Gasteiger partial charge is 0.494 e. The maximum Gasteiger partial charge on any atom is 0.321 e. The van der Waals surface area contributed by atoms with Crippen LogP contribution in [-0.2, 0) is 5.41 Å². The molecule has 0 fully saturated rings. The third-order valence-corrected chi connectivity index (χ3v) is 4.03. The van der Waals surface area contributed by atoms with Gasteiger partial charge in [-0.05, 0) is 41.7 Å². The Morgan fingerprint density at radius 2 is 1.70 bits per heavy atom. The third-order valence-electron chi connectivity index (χ3n) is 4.03. The molecule has 0 aliphatic rings. The van der Waals surface area contributed by atoms with Gasteiger partial charge in [0.1, 0.15) is 5.75 Å². The molecule has 0 aliphatic heterocycles. The van der Waals surface area contributed by atoms with E-state index in [1.807, 2.05) is 12.1 Å². The molecule has 0 aromatic heterocycles. The summed E-state index contributed by atoms with van der Waals surface area (Å²) in [6, 6.07) is 14.0. The second-order valence-corrected chi connectivity index (χ2v) is 7.27. The minimum absolute atomic E-state index is 0.109. The average molecular weight is 369 g/mol. The molecule has 0 saturated heterocycles. The highest BCUT2D eigenvalue weighted by atomic mass is 16.5. The molecule has 0 saturated carbocycles. The molecule has 3 amide bonds. The first-order valence-corrected chi connectivity index (χ1v) is 8.94. The molecule has 0 unspecified atom stereocenters. The summed E-state index contributed by atoms with van der Waals surface area (Å²) < 4.78 is 5.67. The van der Waals surface area contributed by atoms with Crippen molar-refractivity contribution in [3.05, 3.63) is 59.7 Å². The molecule has 0 atom stereocenters. The smallest absolute Gasteiger partial charge is 0.321 e. The lowest BCUT2D eigenvalue weighted by atomic mass is 9.87. The number of amides is 3. The first-order chi connectivity index (χ1) is 12.8. The lowest BCUT2D eigenvalue weighted by Gasteiger charge is -2.19. The van der Waals surface area contributed by atoms with Crippen molar-refractivity contribution >= 4 is 17.6 Å². The van der Waals surface area contributed by atoms with E-state index in [0.717, 1.165) is 5.75 Å². The number of nitrogens with two attached hydrogens (primary N) is 1. The van der Waals surface area contributed by atoms with E-state index < -0.39 is 11.9 Å². The van der Waals surface area contributed by atoms with Crippen LogP contribution in [0.2, 0.25) is 0 Å². The molecule has 27 heavy (non-hydrogen) atoms. The average Bonchev–Trinajstić information content (AvgIpc) is 2.61. The van der Waals surface area contributed by atoms with Crippen molar-refractivity contribution in [1.82, 2.24) is 10.6 Å². The number of para-hydroxylation sites is 1. The van der Waals surface area contributed by atoms with Crippen LogP contribution < -0.4 is 21.1 Å². The van der Waals surface area contributed by atoms with Gasteiger partial charge >= 0.3 is 6.03 Å². The van der Waals surface area contributed by atoms with Gasteiger partial charge in [-0.1, -0.05) is 45.0 Å². The predicted molar refractivity (Wildman–Crippen MR) is 107 cm³/mol. The van der Waals surface area contributed by atoms with Crippen LogP contribution in [0.1, 0.15) is 43.1 Å². The zero-order valence-electron chi connectivity index (χ0n) is 16.0. The summed E-state index contributed by atoms with van der Waals surface area (Å²) in [4.78, 5) is 23.7. The number of ether oxygens (including phenoxy) is 1. The van der Waals surface area contributed by atoms with Crippen LogP contribution in [0.4, 0.5) is 10.5 Å². The molecule has 2 aromatic rings. The molecule has 0 radical (unpaired) electrons. The van der Waals surface area contributed by atoms with Gasteiger partial charge in [0.25, 0.3) is 5.91 Å². The molecule has 4 N–H and O–H groups in total. The highest BCUT2D eigenvalue weighted by Crippen LogP contribution is 2.24. The van der Waals surface area contributed by atoms with Crippen LogP contribution in [0.3, 0.4) is 0 Å². The lowest BCUT2D eigenvalue weighted by molar-refractivity contribution is 0.0965. The standard InChI is InChI=1S/C21H27N3O3/c1-21(2,3)15-9-11-16(12-10-15)27-14-6-13-23-20(26)24-19(25)17-7-4-5-8-18(17)22/h4-5,7-12H,6,13-14,22H2,1-3H3,(H2,23,24,25,26). The zero-order chi connectivity index (χ0) is 19.9. The van der Waals surface area contributed by atoms with Crippen molar-refractivity contribution < 1.29 is 14.3 Å². The van der Waals surface area contributed by atoms with Crippen LogP contribution in [0.25, 0.3) is 0 Å². The van der Waals surface area contributed by atoms with E-state index in [1.54, 1.807) is 24.3 Å². The Bertz CT molecular complexity index is 780. The van der Waals surface area contributed by atoms with E-state index in [4.69, 9.17) is 10.5 Å². The Kier molecular flexibility index (Phi) is 6.82. The number of hydrogen-bond acceptors (Lipinski definition) is 4. The number of imide groups is 1. The van der Waals surface area contributed by atoms with Crippen molar-refractivity contribution in [3.8, 4) is 5.75 Å². The van der Waals surface area contributed by atoms with Gasteiger partial charge in [0.2, 0.25) is 0 Å². The van der Waals surface area contributed by atoms with Gasteiger partial charge in [-0.25, -0.2) is 4.79 Å². The fourth-order valence-corrected chi connectivity index (χ4v) is 2.43. The number of rotatable bonds is 6. The maximum absolute atomic E-state index is 12.0. The number of carbonyl (C=O) groups is 2. The fourth-order valence-electron chi connectivity index (χ4n) is 2.43. The highest BCUT2D eigenvalue weighted by Gasteiger charge is 2.13. The van der Waals surface area contributed by atoms with Gasteiger partial charge in [0, 0.05) is 12.2 Å². The minimum atomic E-state index is -0.558. The van der Waals surface area contributed by atoms with Gasteiger partial charge in [-0.3, -0.25) is 10.1 Å². The normalized spacial score (nSPS) is 10.9. The molecule has 6 heteroatoms. The zero-order valence-corrected chi connectivity index (χ0v) is 16.0. The van der Waals surface area contributed by atoms with E-state index in [9.17, 15) is 9.59 Å². The topological polar surface area (TPSA) is 93.5 Å². The maximum atomic E-state index is 12.0. The lowest BCUT2D eigenvalue weighted by Crippen LogP contribution is -2.40. The molecule has 2 aromatic carbocycles. The predicted octanol–water partition coefficient (Wildman–Crippen LogP) is 3.47. The Balaban J connectivity index is 1.67. The second-order valence-electron chi connectivity index (χ2n) is 7.27. The summed E-state index contributed by atoms with van der Waals surface area (Å²) >= 11 is 0. The molecule has 2 rings (SSSR count). The molecule has 0 heterocycles. The summed E-state index contributed by atoms with van der Waals surface area (Å²) in [5.41, 5.74) is 7.67.